The fourth-order valence-electron chi connectivity index (χ4n) is 5.57. The minimum atomic E-state index is -1.94. The van der Waals surface area contributed by atoms with Gasteiger partial charge in [-0.15, -0.1) is 0 Å². The van der Waals surface area contributed by atoms with Crippen LogP contribution in [0.2, 0.25) is 0 Å². The van der Waals surface area contributed by atoms with Crippen molar-refractivity contribution >= 4 is 22.8 Å². The normalized spacial score (nSPS) is 19.9. The van der Waals surface area contributed by atoms with Crippen LogP contribution in [-0.2, 0) is 39.6 Å². The predicted molar refractivity (Wildman–Crippen MR) is 132 cm³/mol. The van der Waals surface area contributed by atoms with Crippen molar-refractivity contribution < 1.29 is 23.8 Å². The molecule has 0 saturated heterocycles. The van der Waals surface area contributed by atoms with Crippen molar-refractivity contribution in [3.63, 3.8) is 0 Å². The van der Waals surface area contributed by atoms with E-state index in [1.807, 2.05) is 0 Å². The molecule has 0 radical (unpaired) electrons. The first kappa shape index (κ1) is 23.7. The summed E-state index contributed by atoms with van der Waals surface area (Å²) in [6.07, 6.45) is 1.81. The van der Waals surface area contributed by atoms with Crippen LogP contribution in [0.5, 0.6) is 0 Å². The average molecular weight is 507 g/mol. The highest BCUT2D eigenvalue weighted by atomic mass is 19.1. The number of halogens is 1. The van der Waals surface area contributed by atoms with Crippen molar-refractivity contribution in [3.8, 4) is 11.4 Å². The number of amides is 1. The summed E-state index contributed by atoms with van der Waals surface area (Å²) in [7, 11) is 0. The number of aliphatic hydroxyl groups is 1. The molecule has 192 valence electrons. The fourth-order valence-corrected chi connectivity index (χ4v) is 5.57. The van der Waals surface area contributed by atoms with Crippen LogP contribution in [-0.4, -0.2) is 44.0 Å². The second kappa shape index (κ2) is 8.19. The smallest absolute Gasteiger partial charge is 0.343 e. The number of hydrogen-bond acceptors (Lipinski definition) is 7. The van der Waals surface area contributed by atoms with Crippen molar-refractivity contribution in [2.75, 3.05) is 6.54 Å². The SMILES string of the molecule is CC[C@@]1(O)C(=O)OCc2c1cc1n(c2=O)Cc2c-1nc1cc(F)c(C)cc1c2CN(C(=O)CN)C1CC1. The minimum Gasteiger partial charge on any atom is -0.458 e. The molecule has 1 aromatic carbocycles. The number of ether oxygens (including phenoxy) is 1. The van der Waals surface area contributed by atoms with E-state index in [0.717, 1.165) is 24.0 Å². The van der Waals surface area contributed by atoms with Crippen LogP contribution in [0.3, 0.4) is 0 Å². The Bertz CT molecular complexity index is 1580. The molecule has 10 heteroatoms. The Morgan fingerprint density at radius 3 is 2.73 bits per heavy atom. The summed E-state index contributed by atoms with van der Waals surface area (Å²) >= 11 is 0. The van der Waals surface area contributed by atoms with Crippen molar-refractivity contribution in [3.05, 3.63) is 62.2 Å². The van der Waals surface area contributed by atoms with E-state index < -0.39 is 17.4 Å². The molecule has 1 amide bonds. The molecule has 1 fully saturated rings. The summed E-state index contributed by atoms with van der Waals surface area (Å²) in [5.74, 6) is -1.38. The topological polar surface area (TPSA) is 128 Å². The number of aryl methyl sites for hydroxylation is 1. The van der Waals surface area contributed by atoms with Gasteiger partial charge in [-0.1, -0.05) is 6.92 Å². The third kappa shape index (κ3) is 3.42. The molecule has 1 aliphatic carbocycles. The number of carbonyl (C=O) groups is 2. The zero-order valence-electron chi connectivity index (χ0n) is 20.6. The van der Waals surface area contributed by atoms with Gasteiger partial charge in [0, 0.05) is 35.2 Å². The van der Waals surface area contributed by atoms with E-state index in [9.17, 15) is 23.9 Å². The molecule has 0 spiro atoms. The number of fused-ring (bicyclic) bond motifs is 5. The number of benzene rings is 1. The number of esters is 1. The number of aromatic nitrogens is 2. The zero-order valence-corrected chi connectivity index (χ0v) is 20.6. The van der Waals surface area contributed by atoms with Gasteiger partial charge in [0.1, 0.15) is 12.4 Å². The standard InChI is InChI=1S/C27H27FN4O5/c1-3-27(36)19-7-22-24-17(11-32(22)25(34)18(19)12-37-26(27)35)16(10-31(14-4-5-14)23(33)9-29)15-6-13(2)20(28)8-21(15)30-24/h6-8,14,36H,3-5,9-12,29H2,1-2H3/t27-/m0/s1. The first-order chi connectivity index (χ1) is 17.7. The lowest BCUT2D eigenvalue weighted by atomic mass is 9.86. The van der Waals surface area contributed by atoms with Gasteiger partial charge in [-0.2, -0.15) is 0 Å². The number of pyridine rings is 2. The van der Waals surface area contributed by atoms with Crippen LogP contribution in [0.15, 0.2) is 23.0 Å². The Morgan fingerprint density at radius 2 is 2.05 bits per heavy atom. The Balaban J connectivity index is 1.61. The molecule has 6 rings (SSSR count). The third-order valence-corrected chi connectivity index (χ3v) is 7.90. The van der Waals surface area contributed by atoms with Crippen LogP contribution in [0.1, 0.15) is 54.0 Å². The van der Waals surface area contributed by atoms with Crippen molar-refractivity contribution in [1.82, 2.24) is 14.5 Å². The number of nitrogens with zero attached hydrogens (tertiary/aromatic N) is 3. The van der Waals surface area contributed by atoms with Crippen LogP contribution in [0, 0.1) is 12.7 Å². The van der Waals surface area contributed by atoms with Crippen molar-refractivity contribution in [2.45, 2.75) is 64.4 Å². The van der Waals surface area contributed by atoms with Gasteiger partial charge in [-0.05, 0) is 49.4 Å². The Labute approximate surface area is 211 Å². The van der Waals surface area contributed by atoms with E-state index in [-0.39, 0.29) is 61.3 Å². The molecule has 9 nitrogen and oxygen atoms in total. The Hall–Kier alpha value is -3.63. The lowest BCUT2D eigenvalue weighted by molar-refractivity contribution is -0.172. The summed E-state index contributed by atoms with van der Waals surface area (Å²) in [5, 5.41) is 11.8. The Morgan fingerprint density at radius 1 is 1.30 bits per heavy atom. The summed E-state index contributed by atoms with van der Waals surface area (Å²) < 4.78 is 21.3. The summed E-state index contributed by atoms with van der Waals surface area (Å²) in [6, 6.07) is 4.81. The Kier molecular flexibility index (Phi) is 5.26. The molecule has 2 aliphatic heterocycles. The molecule has 1 saturated carbocycles. The molecular weight excluding hydrogens is 479 g/mol. The van der Waals surface area contributed by atoms with Gasteiger partial charge in [-0.3, -0.25) is 9.59 Å². The van der Waals surface area contributed by atoms with Gasteiger partial charge >= 0.3 is 5.97 Å². The van der Waals surface area contributed by atoms with E-state index in [2.05, 4.69) is 0 Å². The van der Waals surface area contributed by atoms with E-state index in [1.54, 1.807) is 35.4 Å². The van der Waals surface area contributed by atoms with Crippen LogP contribution in [0.25, 0.3) is 22.3 Å². The number of rotatable bonds is 5. The van der Waals surface area contributed by atoms with Gasteiger partial charge < -0.3 is 25.0 Å². The lowest BCUT2D eigenvalue weighted by Gasteiger charge is -2.31. The molecule has 1 atom stereocenters. The molecule has 2 aromatic heterocycles. The largest absolute Gasteiger partial charge is 0.458 e. The molecule has 3 aliphatic rings. The molecule has 0 bridgehead atoms. The van der Waals surface area contributed by atoms with Gasteiger partial charge in [0.05, 0.1) is 35.6 Å². The highest BCUT2D eigenvalue weighted by Gasteiger charge is 2.45. The number of carbonyl (C=O) groups excluding carboxylic acids is 2. The van der Waals surface area contributed by atoms with Gasteiger partial charge in [0.2, 0.25) is 5.91 Å². The predicted octanol–water partition coefficient (Wildman–Crippen LogP) is 1.98. The van der Waals surface area contributed by atoms with E-state index >= 15 is 0 Å². The van der Waals surface area contributed by atoms with Crippen molar-refractivity contribution in [1.29, 1.82) is 0 Å². The molecule has 3 aromatic rings. The van der Waals surface area contributed by atoms with Crippen molar-refractivity contribution in [2.24, 2.45) is 5.73 Å². The molecule has 0 unspecified atom stereocenters. The second-order valence-corrected chi connectivity index (χ2v) is 10.1. The zero-order chi connectivity index (χ0) is 26.2. The molecular formula is C27H27FN4O5. The second-order valence-electron chi connectivity index (χ2n) is 10.1. The highest BCUT2D eigenvalue weighted by Crippen LogP contribution is 2.41. The molecule has 37 heavy (non-hydrogen) atoms. The number of hydrogen-bond donors (Lipinski definition) is 2. The summed E-state index contributed by atoms with van der Waals surface area (Å²) in [4.78, 5) is 45.3. The summed E-state index contributed by atoms with van der Waals surface area (Å²) in [6.45, 7) is 3.43. The van der Waals surface area contributed by atoms with E-state index in [0.29, 0.717) is 27.9 Å². The fraction of sp³-hybridized carbons (Fsp3) is 0.407. The van der Waals surface area contributed by atoms with Gasteiger partial charge in [0.15, 0.2) is 5.60 Å². The van der Waals surface area contributed by atoms with Crippen LogP contribution >= 0.6 is 0 Å². The first-order valence-electron chi connectivity index (χ1n) is 12.5. The lowest BCUT2D eigenvalue weighted by Crippen LogP contribution is -2.44. The monoisotopic (exact) mass is 506 g/mol. The maximum absolute atomic E-state index is 14.6. The van der Waals surface area contributed by atoms with E-state index in [1.165, 1.54) is 6.07 Å². The maximum Gasteiger partial charge on any atom is 0.343 e. The van der Waals surface area contributed by atoms with Crippen LogP contribution < -0.4 is 11.3 Å². The average Bonchev–Trinajstić information content (AvgIpc) is 3.66. The van der Waals surface area contributed by atoms with Crippen LogP contribution in [0.4, 0.5) is 4.39 Å². The minimum absolute atomic E-state index is 0.0347. The molecule has 3 N–H and O–H groups in total. The third-order valence-electron chi connectivity index (χ3n) is 7.90. The van der Waals surface area contributed by atoms with Gasteiger partial charge in [0.25, 0.3) is 5.56 Å². The highest BCUT2D eigenvalue weighted by molar-refractivity contribution is 5.90. The summed E-state index contributed by atoms with van der Waals surface area (Å²) in [5.41, 5.74) is 7.13. The number of cyclic esters (lactones) is 1. The maximum atomic E-state index is 14.6. The quantitative estimate of drug-likeness (QED) is 0.396. The van der Waals surface area contributed by atoms with Gasteiger partial charge in [-0.25, -0.2) is 14.2 Å². The molecule has 4 heterocycles. The van der Waals surface area contributed by atoms with E-state index in [4.69, 9.17) is 15.5 Å². The first-order valence-corrected chi connectivity index (χ1v) is 12.5. The number of nitrogens with two attached hydrogens (primary N) is 1.